The van der Waals surface area contributed by atoms with Crippen LogP contribution in [0.1, 0.15) is 6.92 Å². The van der Waals surface area contributed by atoms with E-state index in [1.165, 1.54) is 0 Å². The van der Waals surface area contributed by atoms with Gasteiger partial charge in [0.15, 0.2) is 11.5 Å². The second-order valence-corrected chi connectivity index (χ2v) is 5.93. The lowest BCUT2D eigenvalue weighted by molar-refractivity contribution is -0.129. The number of benzene rings is 1. The largest absolute Gasteiger partial charge is 0.493 e. The van der Waals surface area contributed by atoms with E-state index in [0.29, 0.717) is 36.4 Å². The summed E-state index contributed by atoms with van der Waals surface area (Å²) in [5, 5.41) is 3.26. The molecule has 1 aromatic carbocycles. The summed E-state index contributed by atoms with van der Waals surface area (Å²) in [5.41, 5.74) is 0.841. The van der Waals surface area contributed by atoms with E-state index in [2.05, 4.69) is 20.2 Å². The maximum atomic E-state index is 11.4. The predicted octanol–water partition coefficient (Wildman–Crippen LogP) is 1.91. The van der Waals surface area contributed by atoms with Crippen molar-refractivity contribution in [3.63, 3.8) is 0 Å². The molecule has 0 unspecified atom stereocenters. The number of nitrogens with one attached hydrogen (secondary N) is 1. The molecule has 26 heavy (non-hydrogen) atoms. The van der Waals surface area contributed by atoms with Gasteiger partial charge >= 0.3 is 0 Å². The first kappa shape index (κ1) is 17.8. The molecule has 1 amide bonds. The Hall–Kier alpha value is -3.03. The normalized spacial score (nSPS) is 14.1. The maximum absolute atomic E-state index is 11.4. The smallest absolute Gasteiger partial charge is 0.227 e. The Bertz CT molecular complexity index is 775. The summed E-state index contributed by atoms with van der Waals surface area (Å²) in [5.74, 6) is 2.77. The Balaban J connectivity index is 1.71. The molecule has 0 bridgehead atoms. The summed E-state index contributed by atoms with van der Waals surface area (Å²) in [6.45, 7) is 4.41. The van der Waals surface area contributed by atoms with E-state index in [9.17, 15) is 4.79 Å². The Morgan fingerprint density at radius 2 is 1.81 bits per heavy atom. The second kappa shape index (κ2) is 7.90. The van der Waals surface area contributed by atoms with Gasteiger partial charge in [-0.15, -0.1) is 0 Å². The third-order valence-corrected chi connectivity index (χ3v) is 4.31. The molecule has 0 radical (unpaired) electrons. The van der Waals surface area contributed by atoms with Gasteiger partial charge in [0, 0.05) is 51.1 Å². The minimum atomic E-state index is 0.106. The Kier molecular flexibility index (Phi) is 5.40. The van der Waals surface area contributed by atoms with E-state index in [1.807, 2.05) is 29.2 Å². The number of amides is 1. The van der Waals surface area contributed by atoms with Crippen LogP contribution in [0.5, 0.6) is 11.5 Å². The van der Waals surface area contributed by atoms with E-state index in [4.69, 9.17) is 9.47 Å². The minimum Gasteiger partial charge on any atom is -0.493 e. The van der Waals surface area contributed by atoms with Crippen LogP contribution in [-0.4, -0.2) is 61.2 Å². The zero-order chi connectivity index (χ0) is 18.5. The number of carbonyl (C=O) groups is 1. The number of piperazine rings is 1. The third-order valence-electron chi connectivity index (χ3n) is 4.31. The van der Waals surface area contributed by atoms with Crippen LogP contribution < -0.4 is 19.7 Å². The monoisotopic (exact) mass is 357 g/mol. The highest BCUT2D eigenvalue weighted by atomic mass is 16.5. The van der Waals surface area contributed by atoms with Crippen LogP contribution in [0.2, 0.25) is 0 Å². The average molecular weight is 357 g/mol. The second-order valence-electron chi connectivity index (χ2n) is 5.93. The van der Waals surface area contributed by atoms with E-state index < -0.39 is 0 Å². The van der Waals surface area contributed by atoms with Crippen molar-refractivity contribution >= 4 is 23.4 Å². The molecule has 3 rings (SSSR count). The van der Waals surface area contributed by atoms with Crippen molar-refractivity contribution in [2.24, 2.45) is 0 Å². The number of nitrogens with zero attached hydrogens (tertiary/aromatic N) is 4. The maximum Gasteiger partial charge on any atom is 0.227 e. The Morgan fingerprint density at radius 1 is 1.08 bits per heavy atom. The molecule has 2 aromatic rings. The van der Waals surface area contributed by atoms with Gasteiger partial charge in [0.2, 0.25) is 11.9 Å². The van der Waals surface area contributed by atoms with Crippen LogP contribution >= 0.6 is 0 Å². The lowest BCUT2D eigenvalue weighted by Crippen LogP contribution is -2.48. The molecule has 1 aliphatic rings. The predicted molar refractivity (Wildman–Crippen MR) is 99.3 cm³/mol. The fraction of sp³-hybridized carbons (Fsp3) is 0.389. The first-order chi connectivity index (χ1) is 12.6. The lowest BCUT2D eigenvalue weighted by atomic mass is 10.2. The van der Waals surface area contributed by atoms with Crippen LogP contribution in [0.3, 0.4) is 0 Å². The van der Waals surface area contributed by atoms with Crippen LogP contribution in [0.15, 0.2) is 30.5 Å². The highest BCUT2D eigenvalue weighted by Crippen LogP contribution is 2.31. The first-order valence-electron chi connectivity index (χ1n) is 8.43. The highest BCUT2D eigenvalue weighted by Gasteiger charge is 2.20. The molecule has 1 fully saturated rings. The molecule has 0 saturated carbocycles. The summed E-state index contributed by atoms with van der Waals surface area (Å²) in [6.07, 6.45) is 1.72. The van der Waals surface area contributed by atoms with Gasteiger partial charge in [-0.05, 0) is 18.2 Å². The molecule has 0 spiro atoms. The molecular weight excluding hydrogens is 334 g/mol. The SMILES string of the molecule is COc1ccc(Nc2ccnc(N3CCN(C(C)=O)CC3)n2)cc1OC. The molecule has 8 heteroatoms. The van der Waals surface area contributed by atoms with E-state index in [0.717, 1.165) is 18.8 Å². The number of hydrogen-bond donors (Lipinski definition) is 1. The fourth-order valence-corrected chi connectivity index (χ4v) is 2.85. The van der Waals surface area contributed by atoms with E-state index in [-0.39, 0.29) is 5.91 Å². The van der Waals surface area contributed by atoms with Crippen LogP contribution in [0.4, 0.5) is 17.5 Å². The summed E-state index contributed by atoms with van der Waals surface area (Å²) in [6, 6.07) is 7.40. The van der Waals surface area contributed by atoms with Crippen LogP contribution in [0, 0.1) is 0 Å². The van der Waals surface area contributed by atoms with Crippen molar-refractivity contribution < 1.29 is 14.3 Å². The first-order valence-corrected chi connectivity index (χ1v) is 8.43. The molecule has 1 saturated heterocycles. The summed E-state index contributed by atoms with van der Waals surface area (Å²) < 4.78 is 10.6. The van der Waals surface area contributed by atoms with Crippen molar-refractivity contribution in [1.82, 2.24) is 14.9 Å². The zero-order valence-electron chi connectivity index (χ0n) is 15.2. The number of carbonyl (C=O) groups excluding carboxylic acids is 1. The van der Waals surface area contributed by atoms with Crippen LogP contribution in [0.25, 0.3) is 0 Å². The molecule has 1 aromatic heterocycles. The van der Waals surface area contributed by atoms with E-state index in [1.54, 1.807) is 27.3 Å². The molecule has 1 N–H and O–H groups in total. The van der Waals surface area contributed by atoms with Gasteiger partial charge in [-0.25, -0.2) is 4.98 Å². The van der Waals surface area contributed by atoms with Crippen molar-refractivity contribution in [2.45, 2.75) is 6.92 Å². The standard InChI is InChI=1S/C18H23N5O3/c1-13(24)22-8-10-23(11-9-22)18-19-7-6-17(21-18)20-14-4-5-15(25-2)16(12-14)26-3/h4-7,12H,8-11H2,1-3H3,(H,19,20,21). The Labute approximate surface area is 152 Å². The third kappa shape index (κ3) is 3.96. The summed E-state index contributed by atoms with van der Waals surface area (Å²) in [4.78, 5) is 24.3. The average Bonchev–Trinajstić information content (AvgIpc) is 2.68. The molecule has 2 heterocycles. The number of ether oxygens (including phenoxy) is 2. The molecular formula is C18H23N5O3. The van der Waals surface area contributed by atoms with Crippen molar-refractivity contribution in [1.29, 1.82) is 0 Å². The van der Waals surface area contributed by atoms with Gasteiger partial charge in [0.25, 0.3) is 0 Å². The van der Waals surface area contributed by atoms with Gasteiger partial charge in [-0.1, -0.05) is 0 Å². The number of methoxy groups -OCH3 is 2. The molecule has 8 nitrogen and oxygen atoms in total. The van der Waals surface area contributed by atoms with Crippen molar-refractivity contribution in [3.8, 4) is 11.5 Å². The summed E-state index contributed by atoms with van der Waals surface area (Å²) in [7, 11) is 3.21. The minimum absolute atomic E-state index is 0.106. The number of aromatic nitrogens is 2. The van der Waals surface area contributed by atoms with Gasteiger partial charge in [0.1, 0.15) is 5.82 Å². The topological polar surface area (TPSA) is 79.8 Å². The molecule has 0 atom stereocenters. The number of anilines is 3. The van der Waals surface area contributed by atoms with Crippen molar-refractivity contribution in [3.05, 3.63) is 30.5 Å². The van der Waals surface area contributed by atoms with Gasteiger partial charge in [-0.3, -0.25) is 4.79 Å². The number of rotatable bonds is 5. The molecule has 1 aliphatic heterocycles. The van der Waals surface area contributed by atoms with Crippen LogP contribution in [-0.2, 0) is 4.79 Å². The quantitative estimate of drug-likeness (QED) is 0.875. The van der Waals surface area contributed by atoms with Gasteiger partial charge in [-0.2, -0.15) is 4.98 Å². The summed E-state index contributed by atoms with van der Waals surface area (Å²) >= 11 is 0. The number of hydrogen-bond acceptors (Lipinski definition) is 7. The van der Waals surface area contributed by atoms with Crippen molar-refractivity contribution in [2.75, 3.05) is 50.6 Å². The van der Waals surface area contributed by atoms with Gasteiger partial charge < -0.3 is 24.6 Å². The van der Waals surface area contributed by atoms with E-state index >= 15 is 0 Å². The molecule has 0 aliphatic carbocycles. The Morgan fingerprint density at radius 3 is 2.46 bits per heavy atom. The zero-order valence-corrected chi connectivity index (χ0v) is 15.2. The van der Waals surface area contributed by atoms with Gasteiger partial charge in [0.05, 0.1) is 14.2 Å². The molecule has 138 valence electrons. The lowest BCUT2D eigenvalue weighted by Gasteiger charge is -2.34. The highest BCUT2D eigenvalue weighted by molar-refractivity contribution is 5.73. The fourth-order valence-electron chi connectivity index (χ4n) is 2.85.